The summed E-state index contributed by atoms with van der Waals surface area (Å²) >= 11 is 12.2. The Morgan fingerprint density at radius 1 is 1.00 bits per heavy atom. The fourth-order valence-electron chi connectivity index (χ4n) is 4.78. The lowest BCUT2D eigenvalue weighted by atomic mass is 10.00. The maximum Gasteiger partial charge on any atom is 0.275 e. The van der Waals surface area contributed by atoms with Gasteiger partial charge in [0.1, 0.15) is 6.04 Å². The van der Waals surface area contributed by atoms with E-state index in [1.807, 2.05) is 35.0 Å². The minimum absolute atomic E-state index is 0.176. The Bertz CT molecular complexity index is 1210. The van der Waals surface area contributed by atoms with Crippen molar-refractivity contribution in [2.45, 2.75) is 44.6 Å². The first-order valence-electron chi connectivity index (χ1n) is 11.3. The first-order valence-corrected chi connectivity index (χ1v) is 12.0. The third-order valence-electron chi connectivity index (χ3n) is 6.39. The monoisotopic (exact) mass is 482 g/mol. The molecular weight excluding hydrogens is 459 g/mol. The van der Waals surface area contributed by atoms with E-state index in [0.717, 1.165) is 49.0 Å². The van der Waals surface area contributed by atoms with E-state index in [2.05, 4.69) is 5.32 Å². The summed E-state index contributed by atoms with van der Waals surface area (Å²) in [7, 11) is 0. The van der Waals surface area contributed by atoms with Crippen molar-refractivity contribution in [1.82, 2.24) is 14.7 Å². The number of nitrogens with one attached hydrogen (secondary N) is 1. The van der Waals surface area contributed by atoms with Crippen molar-refractivity contribution in [2.75, 3.05) is 11.9 Å². The summed E-state index contributed by atoms with van der Waals surface area (Å²) in [4.78, 5) is 28.6. The van der Waals surface area contributed by atoms with E-state index in [9.17, 15) is 9.59 Å². The highest BCUT2D eigenvalue weighted by molar-refractivity contribution is 6.36. The van der Waals surface area contributed by atoms with Crippen molar-refractivity contribution in [3.8, 4) is 5.69 Å². The van der Waals surface area contributed by atoms with E-state index in [-0.39, 0.29) is 11.8 Å². The maximum atomic E-state index is 13.7. The topological polar surface area (TPSA) is 67.2 Å². The summed E-state index contributed by atoms with van der Waals surface area (Å²) in [6.45, 7) is 0.526. The Morgan fingerprint density at radius 3 is 2.61 bits per heavy atom. The zero-order valence-corrected chi connectivity index (χ0v) is 19.6. The smallest absolute Gasteiger partial charge is 0.275 e. The van der Waals surface area contributed by atoms with Gasteiger partial charge in [-0.15, -0.1) is 0 Å². The molecule has 0 spiro atoms. The highest BCUT2D eigenvalue weighted by Gasteiger charge is 2.36. The van der Waals surface area contributed by atoms with Crippen LogP contribution in [0.4, 0.5) is 5.69 Å². The third kappa shape index (κ3) is 4.25. The van der Waals surface area contributed by atoms with Crippen molar-refractivity contribution in [3.63, 3.8) is 0 Å². The van der Waals surface area contributed by atoms with E-state index in [1.54, 1.807) is 23.1 Å². The van der Waals surface area contributed by atoms with Gasteiger partial charge in [-0.1, -0.05) is 41.4 Å². The van der Waals surface area contributed by atoms with Gasteiger partial charge >= 0.3 is 0 Å². The number of carbonyl (C=O) groups excluding carboxylic acids is 2. The number of piperidine rings is 1. The van der Waals surface area contributed by atoms with Gasteiger partial charge in [0, 0.05) is 22.8 Å². The molecule has 0 radical (unpaired) electrons. The van der Waals surface area contributed by atoms with Crippen molar-refractivity contribution in [2.24, 2.45) is 0 Å². The Kier molecular flexibility index (Phi) is 6.13. The number of hydrogen-bond donors (Lipinski definition) is 1. The van der Waals surface area contributed by atoms with E-state index in [4.69, 9.17) is 28.3 Å². The summed E-state index contributed by atoms with van der Waals surface area (Å²) in [6.07, 6.45) is 5.06. The molecule has 1 aromatic heterocycles. The fraction of sp³-hybridized carbons (Fsp3) is 0.320. The molecule has 170 valence electrons. The molecule has 0 saturated carbocycles. The lowest BCUT2D eigenvalue weighted by molar-refractivity contribution is -0.121. The number of halogens is 2. The number of anilines is 1. The second kappa shape index (κ2) is 9.20. The van der Waals surface area contributed by atoms with Gasteiger partial charge in [0.2, 0.25) is 5.91 Å². The molecule has 2 aromatic carbocycles. The molecule has 1 unspecified atom stereocenters. The first kappa shape index (κ1) is 22.0. The standard InChI is InChI=1S/C25H24Cl2N4O2/c26-16-12-13-20(19(27)15-16)28-24(32)22-10-4-5-14-30(22)25(33)23-18-9-6-11-21(18)31(29-23)17-7-2-1-3-8-17/h1-3,7-8,12-13,15,22H,4-6,9-11,14H2,(H,28,32). The minimum atomic E-state index is -0.572. The van der Waals surface area contributed by atoms with E-state index >= 15 is 0 Å². The number of para-hydroxylation sites is 1. The summed E-state index contributed by atoms with van der Waals surface area (Å²) in [5, 5.41) is 8.48. The quantitative estimate of drug-likeness (QED) is 0.548. The first-order chi connectivity index (χ1) is 16.0. The molecule has 6 nitrogen and oxygen atoms in total. The van der Waals surface area contributed by atoms with Gasteiger partial charge in [0.25, 0.3) is 5.91 Å². The van der Waals surface area contributed by atoms with Crippen molar-refractivity contribution in [1.29, 1.82) is 0 Å². The number of likely N-dealkylation sites (tertiary alicyclic amines) is 1. The molecule has 5 rings (SSSR count). The Hall–Kier alpha value is -2.83. The minimum Gasteiger partial charge on any atom is -0.325 e. The lowest BCUT2D eigenvalue weighted by Gasteiger charge is -2.34. The maximum absolute atomic E-state index is 13.7. The van der Waals surface area contributed by atoms with Crippen LogP contribution in [0.2, 0.25) is 10.0 Å². The van der Waals surface area contributed by atoms with Crippen LogP contribution in [0.15, 0.2) is 48.5 Å². The van der Waals surface area contributed by atoms with Crippen LogP contribution in [0, 0.1) is 0 Å². The zero-order chi connectivity index (χ0) is 22.9. The summed E-state index contributed by atoms with van der Waals surface area (Å²) in [6, 6.07) is 14.2. The van der Waals surface area contributed by atoms with Crippen LogP contribution in [-0.2, 0) is 17.6 Å². The van der Waals surface area contributed by atoms with Gasteiger partial charge in [0.05, 0.1) is 16.4 Å². The number of rotatable bonds is 4. The van der Waals surface area contributed by atoms with E-state index in [1.165, 1.54) is 0 Å². The summed E-state index contributed by atoms with van der Waals surface area (Å²) in [5.41, 5.74) is 4.00. The fourth-order valence-corrected chi connectivity index (χ4v) is 5.24. The number of hydrogen-bond acceptors (Lipinski definition) is 3. The normalized spacial score (nSPS) is 17.6. The molecule has 1 atom stereocenters. The predicted octanol–water partition coefficient (Wildman–Crippen LogP) is 5.30. The Morgan fingerprint density at radius 2 is 1.82 bits per heavy atom. The van der Waals surface area contributed by atoms with Crippen LogP contribution in [0.5, 0.6) is 0 Å². The average molecular weight is 483 g/mol. The molecule has 2 aliphatic rings. The molecule has 1 aliphatic heterocycles. The van der Waals surface area contributed by atoms with Crippen molar-refractivity contribution in [3.05, 3.63) is 75.5 Å². The number of amides is 2. The molecule has 1 N–H and O–H groups in total. The highest BCUT2D eigenvalue weighted by atomic mass is 35.5. The Balaban J connectivity index is 1.43. The Labute approximate surface area is 202 Å². The van der Waals surface area contributed by atoms with E-state index < -0.39 is 6.04 Å². The second-order valence-electron chi connectivity index (χ2n) is 8.50. The van der Waals surface area contributed by atoms with Crippen LogP contribution in [-0.4, -0.2) is 39.1 Å². The van der Waals surface area contributed by atoms with E-state index in [0.29, 0.717) is 34.4 Å². The molecule has 3 aromatic rings. The van der Waals surface area contributed by atoms with Crippen LogP contribution >= 0.6 is 23.2 Å². The molecule has 33 heavy (non-hydrogen) atoms. The predicted molar refractivity (Wildman–Crippen MR) is 129 cm³/mol. The molecule has 1 saturated heterocycles. The molecule has 1 fully saturated rings. The summed E-state index contributed by atoms with van der Waals surface area (Å²) < 4.78 is 1.89. The second-order valence-corrected chi connectivity index (χ2v) is 9.34. The van der Waals surface area contributed by atoms with Crippen molar-refractivity contribution >= 4 is 40.7 Å². The van der Waals surface area contributed by atoms with Crippen LogP contribution in [0.3, 0.4) is 0 Å². The molecule has 2 amide bonds. The molecule has 2 heterocycles. The molecule has 8 heteroatoms. The van der Waals surface area contributed by atoms with Gasteiger partial charge in [-0.05, 0) is 68.9 Å². The number of nitrogens with zero attached hydrogens (tertiary/aromatic N) is 3. The number of benzene rings is 2. The average Bonchev–Trinajstić information content (AvgIpc) is 3.44. The van der Waals surface area contributed by atoms with Gasteiger partial charge < -0.3 is 10.2 Å². The highest BCUT2D eigenvalue weighted by Crippen LogP contribution is 2.31. The largest absolute Gasteiger partial charge is 0.325 e. The summed E-state index contributed by atoms with van der Waals surface area (Å²) in [5.74, 6) is -0.420. The van der Waals surface area contributed by atoms with Gasteiger partial charge in [-0.25, -0.2) is 4.68 Å². The van der Waals surface area contributed by atoms with Gasteiger partial charge in [-0.2, -0.15) is 5.10 Å². The van der Waals surface area contributed by atoms with Crippen LogP contribution in [0.25, 0.3) is 5.69 Å². The number of fused-ring (bicyclic) bond motifs is 1. The lowest BCUT2D eigenvalue weighted by Crippen LogP contribution is -2.50. The van der Waals surface area contributed by atoms with Crippen LogP contribution in [0.1, 0.15) is 47.4 Å². The molecule has 0 bridgehead atoms. The number of carbonyl (C=O) groups is 2. The molecule has 1 aliphatic carbocycles. The molecular formula is C25H24Cl2N4O2. The zero-order valence-electron chi connectivity index (χ0n) is 18.1. The van der Waals surface area contributed by atoms with Crippen molar-refractivity contribution < 1.29 is 9.59 Å². The SMILES string of the molecule is O=C(Nc1ccc(Cl)cc1Cl)C1CCCCN1C(=O)c1nn(-c2ccccc2)c2c1CCC2. The van der Waals surface area contributed by atoms with Gasteiger partial charge in [0.15, 0.2) is 5.69 Å². The third-order valence-corrected chi connectivity index (χ3v) is 6.94. The number of aromatic nitrogens is 2. The van der Waals surface area contributed by atoms with Crippen LogP contribution < -0.4 is 5.32 Å². The van der Waals surface area contributed by atoms with Gasteiger partial charge in [-0.3, -0.25) is 9.59 Å².